The van der Waals surface area contributed by atoms with E-state index in [2.05, 4.69) is 27.7 Å². The van der Waals surface area contributed by atoms with E-state index >= 15 is 0 Å². The molecule has 2 atom stereocenters. The highest BCUT2D eigenvalue weighted by Gasteiger charge is 2.28. The van der Waals surface area contributed by atoms with Crippen LogP contribution in [0.3, 0.4) is 0 Å². The Bertz CT molecular complexity index is 361. The summed E-state index contributed by atoms with van der Waals surface area (Å²) in [7, 11) is 0. The molecule has 1 saturated heterocycles. The third-order valence-corrected chi connectivity index (χ3v) is 5.62. The van der Waals surface area contributed by atoms with Crippen LogP contribution in [0.5, 0.6) is 0 Å². The van der Waals surface area contributed by atoms with Crippen molar-refractivity contribution in [3.05, 3.63) is 0 Å². The number of carbonyl (C=O) groups is 2. The minimum atomic E-state index is 0.162. The van der Waals surface area contributed by atoms with E-state index in [1.165, 1.54) is 0 Å². The third kappa shape index (κ3) is 6.99. The Balaban J connectivity index is 2.59. The average Bonchev–Trinajstić information content (AvgIpc) is 2.88. The van der Waals surface area contributed by atoms with Crippen molar-refractivity contribution in [2.24, 2.45) is 11.8 Å². The number of hydrogen-bond donors (Lipinski definition) is 0. The van der Waals surface area contributed by atoms with Crippen molar-refractivity contribution in [3.63, 3.8) is 0 Å². The van der Waals surface area contributed by atoms with Crippen LogP contribution in [-0.4, -0.2) is 47.8 Å². The Kier molecular flexibility index (Phi) is 10.8. The monoisotopic (exact) mass is 352 g/mol. The molecule has 1 heterocycles. The van der Waals surface area contributed by atoms with Crippen molar-refractivity contribution in [2.75, 3.05) is 26.2 Å². The normalized spacial score (nSPS) is 17.9. The molecule has 1 rings (SSSR count). The maximum atomic E-state index is 12.8. The Labute approximate surface area is 155 Å². The van der Waals surface area contributed by atoms with Crippen LogP contribution in [-0.2, 0) is 9.59 Å². The van der Waals surface area contributed by atoms with E-state index in [4.69, 9.17) is 0 Å². The molecule has 1 aliphatic rings. The molecule has 1 fully saturated rings. The SMILES string of the molecule is CCCC[C@@H](CC)C(=O)N1CCCN(C(=O)[C@@H](CC)CCCC)CC1. The van der Waals surface area contributed by atoms with Crippen molar-refractivity contribution in [3.8, 4) is 0 Å². The number of amides is 2. The predicted octanol–water partition coefficient (Wildman–Crippen LogP) is 4.48. The van der Waals surface area contributed by atoms with Gasteiger partial charge in [-0.1, -0.05) is 53.4 Å². The fraction of sp³-hybridized carbons (Fsp3) is 0.905. The average molecular weight is 353 g/mol. The number of carbonyl (C=O) groups excluding carboxylic acids is 2. The van der Waals surface area contributed by atoms with E-state index in [9.17, 15) is 9.59 Å². The third-order valence-electron chi connectivity index (χ3n) is 5.62. The summed E-state index contributed by atoms with van der Waals surface area (Å²) in [6.45, 7) is 11.6. The molecule has 0 bridgehead atoms. The maximum absolute atomic E-state index is 12.8. The number of nitrogens with zero attached hydrogens (tertiary/aromatic N) is 2. The summed E-state index contributed by atoms with van der Waals surface area (Å²) in [4.78, 5) is 29.7. The summed E-state index contributed by atoms with van der Waals surface area (Å²) in [6, 6.07) is 0. The van der Waals surface area contributed by atoms with E-state index in [-0.39, 0.29) is 11.8 Å². The summed E-state index contributed by atoms with van der Waals surface area (Å²) in [6.07, 6.45) is 9.28. The van der Waals surface area contributed by atoms with Gasteiger partial charge in [0.2, 0.25) is 11.8 Å². The van der Waals surface area contributed by atoms with Crippen LogP contribution in [0, 0.1) is 11.8 Å². The summed E-state index contributed by atoms with van der Waals surface area (Å²) >= 11 is 0. The quantitative estimate of drug-likeness (QED) is 0.581. The fourth-order valence-corrected chi connectivity index (χ4v) is 3.78. The van der Waals surface area contributed by atoms with Gasteiger partial charge >= 0.3 is 0 Å². The van der Waals surface area contributed by atoms with E-state index in [1.54, 1.807) is 0 Å². The lowest BCUT2D eigenvalue weighted by Crippen LogP contribution is -2.41. The minimum absolute atomic E-state index is 0.162. The van der Waals surface area contributed by atoms with Gasteiger partial charge in [0.25, 0.3) is 0 Å². The molecule has 0 aromatic heterocycles. The molecule has 25 heavy (non-hydrogen) atoms. The van der Waals surface area contributed by atoms with Crippen LogP contribution in [0.4, 0.5) is 0 Å². The first-order valence-electron chi connectivity index (χ1n) is 10.7. The molecule has 4 heteroatoms. The van der Waals surface area contributed by atoms with E-state index in [0.29, 0.717) is 24.9 Å². The summed E-state index contributed by atoms with van der Waals surface area (Å²) in [5, 5.41) is 0. The highest BCUT2D eigenvalue weighted by molar-refractivity contribution is 5.80. The van der Waals surface area contributed by atoms with Crippen molar-refractivity contribution < 1.29 is 9.59 Å². The van der Waals surface area contributed by atoms with Gasteiger partial charge in [-0.15, -0.1) is 0 Å². The molecule has 0 unspecified atom stereocenters. The van der Waals surface area contributed by atoms with Gasteiger partial charge in [0.15, 0.2) is 0 Å². The molecular formula is C21H40N2O2. The lowest BCUT2D eigenvalue weighted by molar-refractivity contribution is -0.138. The maximum Gasteiger partial charge on any atom is 0.225 e. The van der Waals surface area contributed by atoms with Crippen LogP contribution >= 0.6 is 0 Å². The van der Waals surface area contributed by atoms with Gasteiger partial charge < -0.3 is 9.80 Å². The first kappa shape index (κ1) is 22.0. The van der Waals surface area contributed by atoms with Crippen LogP contribution in [0.1, 0.15) is 85.5 Å². The Morgan fingerprint density at radius 2 is 1.12 bits per heavy atom. The van der Waals surface area contributed by atoms with Gasteiger partial charge in [-0.25, -0.2) is 0 Å². The van der Waals surface area contributed by atoms with Crippen molar-refractivity contribution in [2.45, 2.75) is 85.5 Å². The van der Waals surface area contributed by atoms with Gasteiger partial charge in [0, 0.05) is 38.0 Å². The molecule has 0 radical (unpaired) electrons. The molecule has 0 aromatic rings. The molecule has 2 amide bonds. The molecule has 0 aliphatic carbocycles. The van der Waals surface area contributed by atoms with Crippen molar-refractivity contribution in [1.29, 1.82) is 0 Å². The molecule has 146 valence electrons. The molecule has 0 spiro atoms. The van der Waals surface area contributed by atoms with Gasteiger partial charge in [0.05, 0.1) is 0 Å². The first-order valence-corrected chi connectivity index (χ1v) is 10.7. The number of rotatable bonds is 10. The van der Waals surface area contributed by atoms with Crippen LogP contribution in [0.15, 0.2) is 0 Å². The van der Waals surface area contributed by atoms with Crippen molar-refractivity contribution >= 4 is 11.8 Å². The standard InChI is InChI=1S/C21H40N2O2/c1-5-9-12-18(7-3)20(24)22-14-11-15-23(17-16-22)21(25)19(8-4)13-10-6-2/h18-19H,5-17H2,1-4H3/t18-,19+. The zero-order valence-electron chi connectivity index (χ0n) is 17.1. The smallest absolute Gasteiger partial charge is 0.225 e. The molecule has 0 aromatic carbocycles. The molecule has 0 N–H and O–H groups in total. The largest absolute Gasteiger partial charge is 0.341 e. The van der Waals surface area contributed by atoms with Gasteiger partial charge in [0.1, 0.15) is 0 Å². The number of hydrogen-bond acceptors (Lipinski definition) is 2. The number of unbranched alkanes of at least 4 members (excludes halogenated alkanes) is 2. The summed E-state index contributed by atoms with van der Waals surface area (Å²) < 4.78 is 0. The van der Waals surface area contributed by atoms with E-state index in [1.807, 2.05) is 9.80 Å². The summed E-state index contributed by atoms with van der Waals surface area (Å²) in [5.74, 6) is 0.942. The van der Waals surface area contributed by atoms with Crippen LogP contribution in [0.2, 0.25) is 0 Å². The summed E-state index contributed by atoms with van der Waals surface area (Å²) in [5.41, 5.74) is 0. The second-order valence-corrected chi connectivity index (χ2v) is 7.50. The zero-order chi connectivity index (χ0) is 18.7. The molecule has 0 saturated carbocycles. The first-order chi connectivity index (χ1) is 12.1. The van der Waals surface area contributed by atoms with Gasteiger partial charge in [-0.3, -0.25) is 9.59 Å². The Morgan fingerprint density at radius 1 is 0.720 bits per heavy atom. The Morgan fingerprint density at radius 3 is 1.44 bits per heavy atom. The zero-order valence-corrected chi connectivity index (χ0v) is 17.1. The molecular weight excluding hydrogens is 312 g/mol. The van der Waals surface area contributed by atoms with Gasteiger partial charge in [-0.2, -0.15) is 0 Å². The fourth-order valence-electron chi connectivity index (χ4n) is 3.78. The highest BCUT2D eigenvalue weighted by atomic mass is 16.2. The van der Waals surface area contributed by atoms with Gasteiger partial charge in [-0.05, 0) is 32.1 Å². The molecule has 1 aliphatic heterocycles. The lowest BCUT2D eigenvalue weighted by atomic mass is 9.97. The van der Waals surface area contributed by atoms with Crippen LogP contribution in [0.25, 0.3) is 0 Å². The van der Waals surface area contributed by atoms with E-state index in [0.717, 1.165) is 70.9 Å². The lowest BCUT2D eigenvalue weighted by Gasteiger charge is -2.27. The van der Waals surface area contributed by atoms with Crippen LogP contribution < -0.4 is 0 Å². The predicted molar refractivity (Wildman–Crippen MR) is 104 cm³/mol. The molecule has 4 nitrogen and oxygen atoms in total. The second-order valence-electron chi connectivity index (χ2n) is 7.50. The van der Waals surface area contributed by atoms with Crippen molar-refractivity contribution in [1.82, 2.24) is 9.80 Å². The Hall–Kier alpha value is -1.06. The highest BCUT2D eigenvalue weighted by Crippen LogP contribution is 2.20. The van der Waals surface area contributed by atoms with E-state index < -0.39 is 0 Å². The minimum Gasteiger partial charge on any atom is -0.341 e. The topological polar surface area (TPSA) is 40.6 Å². The second kappa shape index (κ2) is 12.3.